The topological polar surface area (TPSA) is 27.6 Å². The van der Waals surface area contributed by atoms with E-state index in [0.717, 1.165) is 5.69 Å². The molecule has 0 aliphatic carbocycles. The van der Waals surface area contributed by atoms with Crippen LogP contribution in [0.5, 0.6) is 0 Å². The Labute approximate surface area is 65.5 Å². The molecule has 11 heavy (non-hydrogen) atoms. The summed E-state index contributed by atoms with van der Waals surface area (Å²) in [6, 6.07) is 14.4. The van der Waals surface area contributed by atoms with Crippen molar-refractivity contribution in [3.63, 3.8) is 0 Å². The molecule has 0 bridgehead atoms. The summed E-state index contributed by atoms with van der Waals surface area (Å²) in [5.41, 5.74) is 5.05. The first kappa shape index (κ1) is 6.38. The van der Waals surface area contributed by atoms with Crippen LogP contribution in [0, 0.1) is 0 Å². The Morgan fingerprint density at radius 2 is 1.55 bits per heavy atom. The highest BCUT2D eigenvalue weighted by Gasteiger charge is 1.96. The van der Waals surface area contributed by atoms with Crippen molar-refractivity contribution in [2.45, 2.75) is 0 Å². The lowest BCUT2D eigenvalue weighted by molar-refractivity contribution is -0.252. The minimum atomic E-state index is 1.10. The molecule has 1 nitrogen and oxygen atoms in total. The minimum absolute atomic E-state index is 1.10. The van der Waals surface area contributed by atoms with E-state index in [1.807, 2.05) is 24.3 Å². The van der Waals surface area contributed by atoms with E-state index in [1.165, 1.54) is 10.8 Å². The van der Waals surface area contributed by atoms with Crippen LogP contribution in [0.4, 0.5) is 5.69 Å². The Balaban J connectivity index is 2.91. The van der Waals surface area contributed by atoms with Gasteiger partial charge in [0.25, 0.3) is 0 Å². The van der Waals surface area contributed by atoms with Gasteiger partial charge >= 0.3 is 0 Å². The third kappa shape index (κ3) is 0.994. The number of rotatable bonds is 0. The smallest absolute Gasteiger partial charge is 0.135 e. The van der Waals surface area contributed by atoms with Gasteiger partial charge in [0.1, 0.15) is 5.69 Å². The highest BCUT2D eigenvalue weighted by molar-refractivity contribution is 5.90. The van der Waals surface area contributed by atoms with Gasteiger partial charge in [0.2, 0.25) is 0 Å². The predicted octanol–water partition coefficient (Wildman–Crippen LogP) is 1.71. The SMILES string of the molecule is [NH3+]c1cccc2ccccc12. The highest BCUT2D eigenvalue weighted by atomic mass is 14.5. The molecular weight excluding hydrogens is 134 g/mol. The largest absolute Gasteiger partial charge is 0.325 e. The maximum atomic E-state index is 3.95. The number of benzene rings is 2. The van der Waals surface area contributed by atoms with Gasteiger partial charge in [-0.1, -0.05) is 30.3 Å². The van der Waals surface area contributed by atoms with Gasteiger partial charge < -0.3 is 5.73 Å². The molecule has 0 heterocycles. The van der Waals surface area contributed by atoms with Crippen LogP contribution in [0.15, 0.2) is 42.5 Å². The van der Waals surface area contributed by atoms with Gasteiger partial charge in [-0.25, -0.2) is 0 Å². The molecular formula is C10H10N+. The average molecular weight is 144 g/mol. The first-order valence-corrected chi connectivity index (χ1v) is 3.67. The van der Waals surface area contributed by atoms with Crippen molar-refractivity contribution in [3.05, 3.63) is 42.5 Å². The summed E-state index contributed by atoms with van der Waals surface area (Å²) in [4.78, 5) is 0. The van der Waals surface area contributed by atoms with Crippen molar-refractivity contribution in [1.29, 1.82) is 0 Å². The van der Waals surface area contributed by atoms with Crippen LogP contribution in [0.1, 0.15) is 0 Å². The Hall–Kier alpha value is -1.34. The summed E-state index contributed by atoms with van der Waals surface area (Å²) >= 11 is 0. The third-order valence-corrected chi connectivity index (χ3v) is 1.88. The standard InChI is InChI=1S/C10H9N/c11-10-7-3-5-8-4-1-2-6-9(8)10/h1-7H,11H2/p+1. The molecule has 0 aliphatic heterocycles. The predicted molar refractivity (Wildman–Crippen MR) is 46.5 cm³/mol. The van der Waals surface area contributed by atoms with E-state index in [9.17, 15) is 0 Å². The summed E-state index contributed by atoms with van der Waals surface area (Å²) in [5.74, 6) is 0. The Bertz CT molecular complexity index is 374. The van der Waals surface area contributed by atoms with E-state index >= 15 is 0 Å². The van der Waals surface area contributed by atoms with E-state index in [4.69, 9.17) is 0 Å². The van der Waals surface area contributed by atoms with Crippen LogP contribution < -0.4 is 5.73 Å². The van der Waals surface area contributed by atoms with Gasteiger partial charge in [-0.15, -0.1) is 0 Å². The number of hydrogen-bond donors (Lipinski definition) is 1. The van der Waals surface area contributed by atoms with Crippen LogP contribution in [0.3, 0.4) is 0 Å². The van der Waals surface area contributed by atoms with Gasteiger partial charge in [-0.05, 0) is 17.5 Å². The molecule has 0 amide bonds. The quantitative estimate of drug-likeness (QED) is 0.583. The first-order valence-electron chi connectivity index (χ1n) is 3.67. The molecule has 2 aromatic rings. The maximum absolute atomic E-state index is 3.95. The zero-order chi connectivity index (χ0) is 7.68. The van der Waals surface area contributed by atoms with Crippen molar-refractivity contribution in [3.8, 4) is 0 Å². The first-order chi connectivity index (χ1) is 5.38. The van der Waals surface area contributed by atoms with Gasteiger partial charge in [-0.2, -0.15) is 0 Å². The van der Waals surface area contributed by atoms with E-state index in [-0.39, 0.29) is 0 Å². The van der Waals surface area contributed by atoms with Crippen molar-refractivity contribution >= 4 is 16.5 Å². The molecule has 2 aromatic carbocycles. The van der Waals surface area contributed by atoms with Gasteiger partial charge in [0.15, 0.2) is 0 Å². The molecule has 2 rings (SSSR count). The maximum Gasteiger partial charge on any atom is 0.135 e. The number of quaternary nitrogens is 1. The van der Waals surface area contributed by atoms with E-state index in [1.54, 1.807) is 0 Å². The fourth-order valence-electron chi connectivity index (χ4n) is 1.29. The zero-order valence-corrected chi connectivity index (χ0v) is 6.25. The molecule has 0 saturated heterocycles. The van der Waals surface area contributed by atoms with Crippen molar-refractivity contribution in [1.82, 2.24) is 0 Å². The Morgan fingerprint density at radius 1 is 0.818 bits per heavy atom. The van der Waals surface area contributed by atoms with Gasteiger partial charge in [0, 0.05) is 5.39 Å². The fraction of sp³-hybridized carbons (Fsp3) is 0. The molecule has 0 saturated carbocycles. The van der Waals surface area contributed by atoms with Crippen LogP contribution in [-0.2, 0) is 0 Å². The molecule has 0 unspecified atom stereocenters. The van der Waals surface area contributed by atoms with Gasteiger partial charge in [-0.3, -0.25) is 0 Å². The second-order valence-corrected chi connectivity index (χ2v) is 2.64. The van der Waals surface area contributed by atoms with E-state index in [0.29, 0.717) is 0 Å². The van der Waals surface area contributed by atoms with Crippen LogP contribution in [0.25, 0.3) is 10.8 Å². The second-order valence-electron chi connectivity index (χ2n) is 2.64. The second kappa shape index (κ2) is 2.36. The lowest BCUT2D eigenvalue weighted by Crippen LogP contribution is -2.40. The molecule has 3 N–H and O–H groups in total. The lowest BCUT2D eigenvalue weighted by Gasteiger charge is -1.95. The third-order valence-electron chi connectivity index (χ3n) is 1.88. The highest BCUT2D eigenvalue weighted by Crippen LogP contribution is 2.17. The molecule has 0 spiro atoms. The minimum Gasteiger partial charge on any atom is -0.325 e. The Kier molecular flexibility index (Phi) is 1.37. The number of hydrogen-bond acceptors (Lipinski definition) is 0. The van der Waals surface area contributed by atoms with Crippen LogP contribution >= 0.6 is 0 Å². The van der Waals surface area contributed by atoms with E-state index in [2.05, 4.69) is 23.9 Å². The van der Waals surface area contributed by atoms with Crippen molar-refractivity contribution in [2.24, 2.45) is 0 Å². The summed E-state index contributed by atoms with van der Waals surface area (Å²) in [5, 5.41) is 2.51. The molecule has 54 valence electrons. The summed E-state index contributed by atoms with van der Waals surface area (Å²) in [6.07, 6.45) is 0. The summed E-state index contributed by atoms with van der Waals surface area (Å²) in [6.45, 7) is 0. The summed E-state index contributed by atoms with van der Waals surface area (Å²) < 4.78 is 0. The average Bonchev–Trinajstić information content (AvgIpc) is 2.06. The molecule has 1 heteroatoms. The van der Waals surface area contributed by atoms with E-state index < -0.39 is 0 Å². The summed E-state index contributed by atoms with van der Waals surface area (Å²) in [7, 11) is 0. The lowest BCUT2D eigenvalue weighted by atomic mass is 10.1. The zero-order valence-electron chi connectivity index (χ0n) is 6.25. The molecule has 0 atom stereocenters. The van der Waals surface area contributed by atoms with Crippen molar-refractivity contribution in [2.75, 3.05) is 0 Å². The normalized spacial score (nSPS) is 10.3. The molecule has 0 radical (unpaired) electrons. The van der Waals surface area contributed by atoms with Crippen LogP contribution in [-0.4, -0.2) is 0 Å². The molecule has 0 aliphatic rings. The molecule has 0 aromatic heterocycles. The molecule has 0 fully saturated rings. The van der Waals surface area contributed by atoms with Gasteiger partial charge in [0.05, 0.1) is 0 Å². The van der Waals surface area contributed by atoms with Crippen molar-refractivity contribution < 1.29 is 5.73 Å². The fourth-order valence-corrected chi connectivity index (χ4v) is 1.29. The van der Waals surface area contributed by atoms with Crippen LogP contribution in [0.2, 0.25) is 0 Å². The number of fused-ring (bicyclic) bond motifs is 1. The Morgan fingerprint density at radius 3 is 2.36 bits per heavy atom. The monoisotopic (exact) mass is 144 g/mol.